The Morgan fingerprint density at radius 3 is 2.30 bits per heavy atom. The van der Waals surface area contributed by atoms with Crippen LogP contribution in [0, 0.1) is 0 Å². The van der Waals surface area contributed by atoms with Gasteiger partial charge >= 0.3 is 12.1 Å². The molecule has 0 amide bonds. The Bertz CT molecular complexity index is 1480. The van der Waals surface area contributed by atoms with E-state index in [1.807, 2.05) is 30.3 Å². The summed E-state index contributed by atoms with van der Waals surface area (Å²) in [5, 5.41) is 10.3. The van der Waals surface area contributed by atoms with Crippen molar-refractivity contribution in [2.45, 2.75) is 19.3 Å². The molecule has 1 heterocycles. The van der Waals surface area contributed by atoms with Crippen molar-refractivity contribution in [3.8, 4) is 17.2 Å². The summed E-state index contributed by atoms with van der Waals surface area (Å²) in [6.07, 6.45) is -5.08. The smallest absolute Gasteiger partial charge is 0.453 e. The van der Waals surface area contributed by atoms with Crippen molar-refractivity contribution in [3.05, 3.63) is 99.4 Å². The van der Waals surface area contributed by atoms with Crippen molar-refractivity contribution in [2.75, 3.05) is 14.2 Å². The van der Waals surface area contributed by atoms with Gasteiger partial charge in [0.15, 0.2) is 0 Å². The maximum Gasteiger partial charge on any atom is 0.453 e. The number of alkyl halides is 3. The van der Waals surface area contributed by atoms with Gasteiger partial charge in [-0.25, -0.2) is 4.79 Å². The van der Waals surface area contributed by atoms with Gasteiger partial charge in [0.1, 0.15) is 17.1 Å². The van der Waals surface area contributed by atoms with Crippen LogP contribution in [0.3, 0.4) is 0 Å². The van der Waals surface area contributed by atoms with Gasteiger partial charge < -0.3 is 19.0 Å². The fourth-order valence-corrected chi connectivity index (χ4v) is 3.83. The molecule has 4 rings (SSSR count). The van der Waals surface area contributed by atoms with Crippen LogP contribution in [0.1, 0.15) is 27.2 Å². The number of ether oxygens (including phenoxy) is 2. The second kappa shape index (κ2) is 10.4. The second-order valence-corrected chi connectivity index (χ2v) is 8.30. The van der Waals surface area contributed by atoms with Crippen LogP contribution < -0.4 is 10.2 Å². The molecule has 0 atom stereocenters. The molecule has 0 bridgehead atoms. The Hall–Kier alpha value is -4.31. The lowest BCUT2D eigenvalue weighted by molar-refractivity contribution is -0.154. The topological polar surface area (TPSA) is 89.2 Å². The Labute approximate surface area is 209 Å². The van der Waals surface area contributed by atoms with Crippen LogP contribution in [0.15, 0.2) is 75.9 Å². The van der Waals surface area contributed by atoms with E-state index in [1.54, 1.807) is 11.9 Å². The molecule has 1 N–H and O–H groups in total. The fraction of sp³-hybridized carbons (Fsp3) is 0.185. The minimum atomic E-state index is -5.08. The first-order valence-electron chi connectivity index (χ1n) is 11.1. The van der Waals surface area contributed by atoms with Crippen LogP contribution in [-0.2, 0) is 24.0 Å². The molecule has 0 aliphatic rings. The summed E-state index contributed by atoms with van der Waals surface area (Å²) in [6, 6.07) is 16.8. The van der Waals surface area contributed by atoms with Crippen LogP contribution in [0.25, 0.3) is 11.0 Å². The maximum atomic E-state index is 14.0. The number of phenolic OH excluding ortho intramolecular Hbond substituents is 1. The van der Waals surface area contributed by atoms with Gasteiger partial charge in [-0.15, -0.1) is 0 Å². The number of hydrogen-bond donors (Lipinski definition) is 1. The van der Waals surface area contributed by atoms with Crippen LogP contribution in [0.4, 0.5) is 13.2 Å². The molecule has 7 nitrogen and oxygen atoms in total. The van der Waals surface area contributed by atoms with E-state index in [2.05, 4.69) is 4.74 Å². The Morgan fingerprint density at radius 2 is 1.68 bits per heavy atom. The molecule has 0 radical (unpaired) electrons. The molecule has 3 aromatic carbocycles. The molecule has 0 aliphatic carbocycles. The number of carbonyl (C=O) groups excluding carboxylic acids is 1. The first kappa shape index (κ1) is 25.8. The van der Waals surface area contributed by atoms with Gasteiger partial charge in [0.25, 0.3) is 5.76 Å². The van der Waals surface area contributed by atoms with E-state index in [1.165, 1.54) is 43.5 Å². The van der Waals surface area contributed by atoms with E-state index in [-0.39, 0.29) is 40.1 Å². The number of nitrogens with zero attached hydrogens (tertiary/aromatic N) is 1. The molecule has 10 heteroatoms. The quantitative estimate of drug-likeness (QED) is 0.316. The van der Waals surface area contributed by atoms with Gasteiger partial charge in [-0.2, -0.15) is 13.2 Å². The van der Waals surface area contributed by atoms with Crippen molar-refractivity contribution in [3.63, 3.8) is 0 Å². The number of carbonyl (C=O) groups is 1. The molecule has 0 saturated carbocycles. The number of esters is 1. The van der Waals surface area contributed by atoms with Crippen molar-refractivity contribution in [1.29, 1.82) is 0 Å². The maximum absolute atomic E-state index is 14.0. The Balaban J connectivity index is 1.77. The summed E-state index contributed by atoms with van der Waals surface area (Å²) in [5.74, 6) is -3.76. The monoisotopic (exact) mass is 513 g/mol. The number of methoxy groups -OCH3 is 1. The zero-order valence-electron chi connectivity index (χ0n) is 19.8. The van der Waals surface area contributed by atoms with E-state index >= 15 is 0 Å². The third-order valence-electron chi connectivity index (χ3n) is 5.57. The molecule has 0 fully saturated rings. The predicted molar refractivity (Wildman–Crippen MR) is 129 cm³/mol. The molecule has 0 saturated heterocycles. The van der Waals surface area contributed by atoms with Crippen LogP contribution >= 0.6 is 0 Å². The van der Waals surface area contributed by atoms with Gasteiger partial charge in [-0.05, 0) is 49.0 Å². The number of rotatable bonds is 7. The van der Waals surface area contributed by atoms with E-state index < -0.39 is 29.1 Å². The second-order valence-electron chi connectivity index (χ2n) is 8.30. The lowest BCUT2D eigenvalue weighted by Crippen LogP contribution is -2.19. The number of halogens is 3. The lowest BCUT2D eigenvalue weighted by Gasteiger charge is -2.19. The van der Waals surface area contributed by atoms with Gasteiger partial charge in [-0.1, -0.05) is 30.3 Å². The van der Waals surface area contributed by atoms with Crippen molar-refractivity contribution >= 4 is 16.9 Å². The first-order chi connectivity index (χ1) is 17.6. The summed E-state index contributed by atoms with van der Waals surface area (Å²) in [5.41, 5.74) is -0.303. The lowest BCUT2D eigenvalue weighted by atomic mass is 10.1. The summed E-state index contributed by atoms with van der Waals surface area (Å²) in [6.45, 7) is 0.448. The predicted octanol–water partition coefficient (Wildman–Crippen LogP) is 5.73. The Kier molecular flexibility index (Phi) is 7.21. The average Bonchev–Trinajstić information content (AvgIpc) is 2.87. The molecule has 0 spiro atoms. The van der Waals surface area contributed by atoms with E-state index in [0.717, 1.165) is 5.56 Å². The van der Waals surface area contributed by atoms with E-state index in [0.29, 0.717) is 6.54 Å². The summed E-state index contributed by atoms with van der Waals surface area (Å²) in [7, 11) is 2.91. The van der Waals surface area contributed by atoms with Gasteiger partial charge in [0, 0.05) is 13.1 Å². The van der Waals surface area contributed by atoms with E-state index in [9.17, 15) is 27.9 Å². The number of benzene rings is 3. The molecule has 1 aromatic heterocycles. The minimum Gasteiger partial charge on any atom is -0.507 e. The number of hydrogen-bond acceptors (Lipinski definition) is 7. The third-order valence-corrected chi connectivity index (χ3v) is 5.57. The van der Waals surface area contributed by atoms with Gasteiger partial charge in [-0.3, -0.25) is 9.69 Å². The normalized spacial score (nSPS) is 11.6. The zero-order chi connectivity index (χ0) is 26.7. The minimum absolute atomic E-state index is 0.00744. The largest absolute Gasteiger partial charge is 0.507 e. The molecule has 192 valence electrons. The first-order valence-corrected chi connectivity index (χ1v) is 11.1. The molecule has 37 heavy (non-hydrogen) atoms. The standard InChI is InChI=1S/C27H22F3NO6/c1-31(14-16-6-4-3-5-7-16)15-20-21(32)13-12-19-22(33)24(25(27(28,29)30)37-23(19)20)36-18-10-8-17(9-11-18)26(34)35-2/h3-13,32H,14-15H2,1-2H3. The molecule has 4 aromatic rings. The third kappa shape index (κ3) is 5.59. The van der Waals surface area contributed by atoms with Crippen LogP contribution in [-0.4, -0.2) is 30.1 Å². The van der Waals surface area contributed by atoms with Crippen LogP contribution in [0.5, 0.6) is 17.2 Å². The highest BCUT2D eigenvalue weighted by Crippen LogP contribution is 2.40. The fourth-order valence-electron chi connectivity index (χ4n) is 3.83. The Morgan fingerprint density at radius 1 is 1.00 bits per heavy atom. The zero-order valence-corrected chi connectivity index (χ0v) is 19.8. The molecular formula is C27H22F3NO6. The summed E-state index contributed by atoms with van der Waals surface area (Å²) < 4.78 is 57.2. The van der Waals surface area contributed by atoms with Gasteiger partial charge in [0.05, 0.1) is 23.6 Å². The molecular weight excluding hydrogens is 491 g/mol. The van der Waals surface area contributed by atoms with Crippen LogP contribution in [0.2, 0.25) is 0 Å². The number of aromatic hydroxyl groups is 1. The molecule has 0 unspecified atom stereocenters. The average molecular weight is 513 g/mol. The highest BCUT2D eigenvalue weighted by molar-refractivity contribution is 5.89. The molecule has 0 aliphatic heterocycles. The van der Waals surface area contributed by atoms with Crippen molar-refractivity contribution in [1.82, 2.24) is 4.90 Å². The van der Waals surface area contributed by atoms with Crippen molar-refractivity contribution in [2.24, 2.45) is 0 Å². The highest BCUT2D eigenvalue weighted by Gasteiger charge is 2.41. The summed E-state index contributed by atoms with van der Waals surface area (Å²) in [4.78, 5) is 26.6. The van der Waals surface area contributed by atoms with Crippen molar-refractivity contribution < 1.29 is 37.0 Å². The van der Waals surface area contributed by atoms with E-state index in [4.69, 9.17) is 9.15 Å². The number of fused-ring (bicyclic) bond motifs is 1. The number of phenols is 1. The summed E-state index contributed by atoms with van der Waals surface area (Å²) >= 11 is 0. The highest BCUT2D eigenvalue weighted by atomic mass is 19.4. The van der Waals surface area contributed by atoms with Gasteiger partial charge in [0.2, 0.25) is 11.2 Å². The SMILES string of the molecule is COC(=O)c1ccc(Oc2c(C(F)(F)F)oc3c(CN(C)Cc4ccccc4)c(O)ccc3c2=O)cc1.